The zero-order chi connectivity index (χ0) is 15.3. The van der Waals surface area contributed by atoms with Crippen LogP contribution in [0.15, 0.2) is 0 Å². The molecule has 0 aromatic carbocycles. The van der Waals surface area contributed by atoms with Gasteiger partial charge in [0.2, 0.25) is 5.91 Å². The van der Waals surface area contributed by atoms with E-state index in [1.54, 1.807) is 0 Å². The number of hydrogen-bond acceptors (Lipinski definition) is 5. The van der Waals surface area contributed by atoms with E-state index in [4.69, 9.17) is 17.2 Å². The first-order valence-corrected chi connectivity index (χ1v) is 6.87. The van der Waals surface area contributed by atoms with E-state index in [1.165, 1.54) is 6.42 Å². The van der Waals surface area contributed by atoms with E-state index in [0.717, 1.165) is 11.8 Å². The minimum Gasteiger partial charge on any atom is -0.367 e. The minimum atomic E-state index is -0.856. The Hall–Kier alpha value is -1.48. The Kier molecular flexibility index (Phi) is 13.5. The Balaban J connectivity index is 0. The molecular formula is C10H23N5O3S. The van der Waals surface area contributed by atoms with Crippen LogP contribution in [0.4, 0.5) is 4.79 Å². The number of urea groups is 1. The molecule has 8 N–H and O–H groups in total. The van der Waals surface area contributed by atoms with Crippen LogP contribution in [0.1, 0.15) is 20.3 Å². The molecule has 0 rings (SSSR count). The van der Waals surface area contributed by atoms with Crippen LogP contribution in [0.3, 0.4) is 0 Å². The zero-order valence-electron chi connectivity index (χ0n) is 11.3. The van der Waals surface area contributed by atoms with Gasteiger partial charge >= 0.3 is 6.03 Å². The lowest BCUT2D eigenvalue weighted by atomic mass is 10.5. The number of rotatable bonds is 7. The van der Waals surface area contributed by atoms with E-state index in [2.05, 4.69) is 24.5 Å². The van der Waals surface area contributed by atoms with Crippen molar-refractivity contribution in [3.8, 4) is 0 Å². The van der Waals surface area contributed by atoms with Gasteiger partial charge in [-0.3, -0.25) is 9.59 Å². The normalized spacial score (nSPS) is 10.7. The van der Waals surface area contributed by atoms with Gasteiger partial charge in [-0.1, -0.05) is 20.3 Å². The average Bonchev–Trinajstić information content (AvgIpc) is 2.33. The number of hydrogen-bond donors (Lipinski definition) is 5. The summed E-state index contributed by atoms with van der Waals surface area (Å²) in [4.78, 5) is 32.2. The highest BCUT2D eigenvalue weighted by atomic mass is 32.2. The van der Waals surface area contributed by atoms with Crippen molar-refractivity contribution >= 4 is 29.6 Å². The van der Waals surface area contributed by atoms with Gasteiger partial charge in [0.05, 0.1) is 6.54 Å². The molecule has 4 amide bonds. The highest BCUT2D eigenvalue weighted by Gasteiger charge is 2.17. The van der Waals surface area contributed by atoms with Crippen molar-refractivity contribution in [3.63, 3.8) is 0 Å². The zero-order valence-corrected chi connectivity index (χ0v) is 12.1. The predicted octanol–water partition coefficient (Wildman–Crippen LogP) is -1.31. The van der Waals surface area contributed by atoms with Crippen LogP contribution in [0, 0.1) is 0 Å². The maximum Gasteiger partial charge on any atom is 0.312 e. The van der Waals surface area contributed by atoms with E-state index in [9.17, 15) is 14.4 Å². The summed E-state index contributed by atoms with van der Waals surface area (Å²) in [5, 5.41) is 3.81. The standard InChI is InChI=1S/C7H15N5O3S.C3H8/c8-3-4(13)12-6(5(9)14)16-2-1-11-7(10)15;1-3-2/h6H,1-3,8H2,(H2,9,14)(H,12,13)(H3,10,11,15);3H2,1-2H3. The summed E-state index contributed by atoms with van der Waals surface area (Å²) in [6, 6.07) is -0.651. The van der Waals surface area contributed by atoms with E-state index in [-0.39, 0.29) is 13.1 Å². The highest BCUT2D eigenvalue weighted by molar-refractivity contribution is 8.00. The molecule has 0 spiro atoms. The van der Waals surface area contributed by atoms with E-state index in [0.29, 0.717) is 5.75 Å². The quantitative estimate of drug-likeness (QED) is 0.291. The van der Waals surface area contributed by atoms with Gasteiger partial charge in [0, 0.05) is 12.3 Å². The number of amides is 4. The summed E-state index contributed by atoms with van der Waals surface area (Å²) in [7, 11) is 0. The minimum absolute atomic E-state index is 0.218. The molecule has 0 heterocycles. The number of thioether (sulfide) groups is 1. The lowest BCUT2D eigenvalue weighted by Crippen LogP contribution is -2.45. The summed E-state index contributed by atoms with van der Waals surface area (Å²) < 4.78 is 0. The molecule has 0 saturated heterocycles. The van der Waals surface area contributed by atoms with Gasteiger partial charge in [-0.15, -0.1) is 11.8 Å². The molecule has 1 atom stereocenters. The molecule has 0 radical (unpaired) electrons. The number of carbonyl (C=O) groups is 3. The number of carbonyl (C=O) groups excluding carboxylic acids is 3. The Morgan fingerprint density at radius 3 is 2.11 bits per heavy atom. The first-order valence-electron chi connectivity index (χ1n) is 5.82. The fraction of sp³-hybridized carbons (Fsp3) is 0.700. The molecule has 0 aliphatic heterocycles. The molecule has 9 heteroatoms. The third-order valence-corrected chi connectivity index (χ3v) is 2.55. The second-order valence-corrected chi connectivity index (χ2v) is 4.64. The molecule has 19 heavy (non-hydrogen) atoms. The smallest absolute Gasteiger partial charge is 0.312 e. The molecule has 0 aliphatic carbocycles. The second kappa shape index (κ2) is 13.0. The van der Waals surface area contributed by atoms with Gasteiger partial charge in [-0.05, 0) is 0 Å². The van der Waals surface area contributed by atoms with Crippen LogP contribution < -0.4 is 27.8 Å². The van der Waals surface area contributed by atoms with Crippen molar-refractivity contribution in [2.24, 2.45) is 17.2 Å². The monoisotopic (exact) mass is 293 g/mol. The molecular weight excluding hydrogens is 270 g/mol. The largest absolute Gasteiger partial charge is 0.367 e. The Morgan fingerprint density at radius 2 is 1.74 bits per heavy atom. The molecule has 0 aromatic heterocycles. The first-order chi connectivity index (χ1) is 8.88. The SMILES string of the molecule is CCC.NCC(=O)NC(SCCNC(N)=O)C(N)=O. The van der Waals surface area contributed by atoms with E-state index in [1.807, 2.05) is 0 Å². The highest BCUT2D eigenvalue weighted by Crippen LogP contribution is 2.06. The summed E-state index contributed by atoms with van der Waals surface area (Å²) in [6.45, 7) is 4.31. The predicted molar refractivity (Wildman–Crippen MR) is 76.2 cm³/mol. The molecule has 1 unspecified atom stereocenters. The summed E-state index contributed by atoms with van der Waals surface area (Å²) in [5.74, 6) is -0.758. The summed E-state index contributed by atoms with van der Waals surface area (Å²) >= 11 is 1.08. The van der Waals surface area contributed by atoms with Crippen LogP contribution in [0.5, 0.6) is 0 Å². The average molecular weight is 293 g/mol. The Labute approximate surface area is 117 Å². The third kappa shape index (κ3) is 14.5. The van der Waals surface area contributed by atoms with E-state index >= 15 is 0 Å². The van der Waals surface area contributed by atoms with Crippen molar-refractivity contribution < 1.29 is 14.4 Å². The molecule has 112 valence electrons. The molecule has 0 aromatic rings. The summed E-state index contributed by atoms with van der Waals surface area (Å²) in [5.41, 5.74) is 15.0. The van der Waals surface area contributed by atoms with Gasteiger partial charge in [-0.2, -0.15) is 0 Å². The second-order valence-electron chi connectivity index (χ2n) is 3.42. The lowest BCUT2D eigenvalue weighted by molar-refractivity contribution is -0.124. The molecule has 0 fully saturated rings. The fourth-order valence-corrected chi connectivity index (χ4v) is 1.59. The molecule has 0 bridgehead atoms. The van der Waals surface area contributed by atoms with Crippen molar-refractivity contribution in [3.05, 3.63) is 0 Å². The molecule has 0 aliphatic rings. The Bertz CT molecular complexity index is 288. The van der Waals surface area contributed by atoms with Crippen LogP contribution in [0.2, 0.25) is 0 Å². The van der Waals surface area contributed by atoms with E-state index < -0.39 is 23.2 Å². The van der Waals surface area contributed by atoms with Gasteiger partial charge in [-0.25, -0.2) is 4.79 Å². The third-order valence-electron chi connectivity index (χ3n) is 1.42. The van der Waals surface area contributed by atoms with Crippen molar-refractivity contribution in [1.29, 1.82) is 0 Å². The van der Waals surface area contributed by atoms with Gasteiger partial charge in [0.1, 0.15) is 0 Å². The van der Waals surface area contributed by atoms with Gasteiger partial charge in [0.15, 0.2) is 5.37 Å². The molecule has 8 nitrogen and oxygen atoms in total. The topological polar surface area (TPSA) is 153 Å². The lowest BCUT2D eigenvalue weighted by Gasteiger charge is -2.14. The fourth-order valence-electron chi connectivity index (χ4n) is 0.751. The maximum atomic E-state index is 10.9. The van der Waals surface area contributed by atoms with Crippen molar-refractivity contribution in [2.45, 2.75) is 25.6 Å². The molecule has 0 saturated carbocycles. The van der Waals surface area contributed by atoms with Gasteiger partial charge < -0.3 is 27.8 Å². The first kappa shape index (κ1) is 19.9. The number of primary amides is 2. The number of nitrogens with two attached hydrogens (primary N) is 3. The van der Waals surface area contributed by atoms with Gasteiger partial charge in [0.25, 0.3) is 5.91 Å². The van der Waals surface area contributed by atoms with Crippen LogP contribution >= 0.6 is 11.8 Å². The maximum absolute atomic E-state index is 10.9. The van der Waals surface area contributed by atoms with Crippen LogP contribution in [-0.2, 0) is 9.59 Å². The Morgan fingerprint density at radius 1 is 1.21 bits per heavy atom. The van der Waals surface area contributed by atoms with Crippen molar-refractivity contribution in [1.82, 2.24) is 10.6 Å². The summed E-state index contributed by atoms with van der Waals surface area (Å²) in [6.07, 6.45) is 1.25. The van der Waals surface area contributed by atoms with Crippen molar-refractivity contribution in [2.75, 3.05) is 18.8 Å². The van der Waals surface area contributed by atoms with Crippen LogP contribution in [0.25, 0.3) is 0 Å². The van der Waals surface area contributed by atoms with Crippen LogP contribution in [-0.4, -0.2) is 42.1 Å². The number of nitrogens with one attached hydrogen (secondary N) is 2.